The highest BCUT2D eigenvalue weighted by molar-refractivity contribution is 5.85. The van der Waals surface area contributed by atoms with E-state index in [1.807, 2.05) is 35.2 Å². The van der Waals surface area contributed by atoms with Crippen molar-refractivity contribution in [2.45, 2.75) is 13.0 Å². The highest BCUT2D eigenvalue weighted by atomic mass is 35.5. The van der Waals surface area contributed by atoms with Gasteiger partial charge in [-0.2, -0.15) is 4.80 Å². The number of nitrogens with zero attached hydrogens (tertiary/aromatic N) is 5. The van der Waals surface area contributed by atoms with Crippen molar-refractivity contribution in [2.24, 2.45) is 11.7 Å². The maximum absolute atomic E-state index is 12.2. The standard InChI is InChI=1S/C14H18N6O.ClH/c15-8-11-6-7-19(9-11)13(21)10-20-17-14(16-18-20)12-4-2-1-3-5-12;/h1-5,11H,6-10,15H2;1H. The average molecular weight is 323 g/mol. The van der Waals surface area contributed by atoms with Crippen molar-refractivity contribution in [1.29, 1.82) is 0 Å². The van der Waals surface area contributed by atoms with Gasteiger partial charge in [-0.3, -0.25) is 4.79 Å². The van der Waals surface area contributed by atoms with Gasteiger partial charge in [0.25, 0.3) is 0 Å². The number of likely N-dealkylation sites (tertiary alicyclic amines) is 1. The summed E-state index contributed by atoms with van der Waals surface area (Å²) in [5, 5.41) is 12.2. The molecule has 1 fully saturated rings. The lowest BCUT2D eigenvalue weighted by atomic mass is 10.1. The molecule has 0 radical (unpaired) electrons. The number of nitrogens with two attached hydrogens (primary N) is 1. The Kier molecular flexibility index (Phi) is 5.46. The molecule has 1 atom stereocenters. The van der Waals surface area contributed by atoms with Gasteiger partial charge in [0.2, 0.25) is 11.7 Å². The van der Waals surface area contributed by atoms with Gasteiger partial charge in [-0.25, -0.2) is 0 Å². The Morgan fingerprint density at radius 2 is 2.09 bits per heavy atom. The third kappa shape index (κ3) is 3.61. The van der Waals surface area contributed by atoms with Gasteiger partial charge in [-0.05, 0) is 24.1 Å². The molecule has 1 aliphatic rings. The van der Waals surface area contributed by atoms with Crippen molar-refractivity contribution in [2.75, 3.05) is 19.6 Å². The summed E-state index contributed by atoms with van der Waals surface area (Å²) < 4.78 is 0. The number of carbonyl (C=O) groups is 1. The summed E-state index contributed by atoms with van der Waals surface area (Å²) in [5.74, 6) is 0.963. The topological polar surface area (TPSA) is 89.9 Å². The molecule has 2 heterocycles. The minimum absolute atomic E-state index is 0. The number of tetrazole rings is 1. The highest BCUT2D eigenvalue weighted by Crippen LogP contribution is 2.15. The van der Waals surface area contributed by atoms with E-state index < -0.39 is 0 Å². The van der Waals surface area contributed by atoms with Crippen LogP contribution in [0.25, 0.3) is 11.4 Å². The Bertz CT molecular complexity index is 617. The van der Waals surface area contributed by atoms with Gasteiger partial charge >= 0.3 is 0 Å². The predicted molar refractivity (Wildman–Crippen MR) is 84.2 cm³/mol. The van der Waals surface area contributed by atoms with Crippen molar-refractivity contribution in [3.8, 4) is 11.4 Å². The first-order valence-electron chi connectivity index (χ1n) is 7.07. The lowest BCUT2D eigenvalue weighted by molar-refractivity contribution is -0.131. The zero-order valence-corrected chi connectivity index (χ0v) is 12.9. The van der Waals surface area contributed by atoms with Crippen LogP contribution in [-0.4, -0.2) is 50.6 Å². The SMILES string of the molecule is Cl.NCC1CCN(C(=O)Cn2nnc(-c3ccccc3)n2)C1. The molecule has 0 saturated carbocycles. The van der Waals surface area contributed by atoms with E-state index in [1.165, 1.54) is 4.80 Å². The second-order valence-corrected chi connectivity index (χ2v) is 5.24. The van der Waals surface area contributed by atoms with Crippen LogP contribution in [0.3, 0.4) is 0 Å². The Labute approximate surface area is 134 Å². The molecule has 1 aromatic heterocycles. The highest BCUT2D eigenvalue weighted by Gasteiger charge is 2.25. The Morgan fingerprint density at radius 1 is 1.32 bits per heavy atom. The van der Waals surface area contributed by atoms with Crippen LogP contribution in [0.15, 0.2) is 30.3 Å². The first kappa shape index (κ1) is 16.4. The molecule has 1 saturated heterocycles. The van der Waals surface area contributed by atoms with E-state index in [9.17, 15) is 4.79 Å². The maximum atomic E-state index is 12.2. The van der Waals surface area contributed by atoms with E-state index >= 15 is 0 Å². The molecule has 2 aromatic rings. The molecule has 2 N–H and O–H groups in total. The summed E-state index contributed by atoms with van der Waals surface area (Å²) in [7, 11) is 0. The number of rotatable bonds is 4. The molecule has 0 spiro atoms. The van der Waals surface area contributed by atoms with E-state index in [4.69, 9.17) is 5.73 Å². The predicted octanol–water partition coefficient (Wildman–Crippen LogP) is 0.569. The van der Waals surface area contributed by atoms with Crippen LogP contribution in [0.5, 0.6) is 0 Å². The summed E-state index contributed by atoms with van der Waals surface area (Å²) in [6, 6.07) is 9.58. The zero-order valence-electron chi connectivity index (χ0n) is 12.1. The maximum Gasteiger partial charge on any atom is 0.246 e. The largest absolute Gasteiger partial charge is 0.341 e. The van der Waals surface area contributed by atoms with Gasteiger partial charge in [0.15, 0.2) is 0 Å². The van der Waals surface area contributed by atoms with Crippen LogP contribution >= 0.6 is 12.4 Å². The van der Waals surface area contributed by atoms with Crippen LogP contribution in [0.2, 0.25) is 0 Å². The molecule has 22 heavy (non-hydrogen) atoms. The van der Waals surface area contributed by atoms with Crippen molar-refractivity contribution < 1.29 is 4.79 Å². The molecule has 1 unspecified atom stereocenters. The second-order valence-electron chi connectivity index (χ2n) is 5.24. The zero-order chi connectivity index (χ0) is 14.7. The summed E-state index contributed by atoms with van der Waals surface area (Å²) >= 11 is 0. The third-order valence-electron chi connectivity index (χ3n) is 3.73. The van der Waals surface area contributed by atoms with Gasteiger partial charge in [-0.1, -0.05) is 30.3 Å². The van der Waals surface area contributed by atoms with Gasteiger partial charge in [0.05, 0.1) is 0 Å². The van der Waals surface area contributed by atoms with E-state index in [0.717, 1.165) is 25.1 Å². The molecule has 1 aromatic carbocycles. The molecule has 0 bridgehead atoms. The third-order valence-corrected chi connectivity index (χ3v) is 3.73. The van der Waals surface area contributed by atoms with Crippen LogP contribution in [0.1, 0.15) is 6.42 Å². The van der Waals surface area contributed by atoms with E-state index in [-0.39, 0.29) is 24.9 Å². The number of hydrogen-bond acceptors (Lipinski definition) is 5. The Balaban J connectivity index is 0.00000176. The average Bonchev–Trinajstić information content (AvgIpc) is 3.17. The monoisotopic (exact) mass is 322 g/mol. The van der Waals surface area contributed by atoms with Crippen LogP contribution < -0.4 is 5.73 Å². The summed E-state index contributed by atoms with van der Waals surface area (Å²) in [5.41, 5.74) is 6.53. The van der Waals surface area contributed by atoms with Crippen LogP contribution in [0.4, 0.5) is 0 Å². The van der Waals surface area contributed by atoms with Crippen molar-refractivity contribution >= 4 is 18.3 Å². The molecule has 3 rings (SSSR count). The molecule has 1 amide bonds. The molecular weight excluding hydrogens is 304 g/mol. The quantitative estimate of drug-likeness (QED) is 0.888. The number of amides is 1. The molecule has 8 heteroatoms. The van der Waals surface area contributed by atoms with Gasteiger partial charge in [0, 0.05) is 18.7 Å². The number of carbonyl (C=O) groups excluding carboxylic acids is 1. The number of hydrogen-bond donors (Lipinski definition) is 1. The molecule has 0 aliphatic carbocycles. The Morgan fingerprint density at radius 3 is 2.77 bits per heavy atom. The second kappa shape index (κ2) is 7.33. The number of benzene rings is 1. The first-order valence-corrected chi connectivity index (χ1v) is 7.07. The number of halogens is 1. The normalized spacial score (nSPS) is 17.3. The Hall–Kier alpha value is -1.99. The van der Waals surface area contributed by atoms with Crippen LogP contribution in [0, 0.1) is 5.92 Å². The lowest BCUT2D eigenvalue weighted by Crippen LogP contribution is -2.33. The minimum Gasteiger partial charge on any atom is -0.341 e. The van der Waals surface area contributed by atoms with Crippen molar-refractivity contribution in [3.05, 3.63) is 30.3 Å². The van der Waals surface area contributed by atoms with E-state index in [2.05, 4.69) is 15.4 Å². The van der Waals surface area contributed by atoms with E-state index in [1.54, 1.807) is 0 Å². The van der Waals surface area contributed by atoms with Crippen molar-refractivity contribution in [1.82, 2.24) is 25.1 Å². The van der Waals surface area contributed by atoms with Gasteiger partial charge in [0.1, 0.15) is 6.54 Å². The molecule has 7 nitrogen and oxygen atoms in total. The van der Waals surface area contributed by atoms with Gasteiger partial charge in [-0.15, -0.1) is 22.6 Å². The fourth-order valence-corrected chi connectivity index (χ4v) is 2.49. The summed E-state index contributed by atoms with van der Waals surface area (Å²) in [4.78, 5) is 15.3. The first-order chi connectivity index (χ1) is 10.3. The lowest BCUT2D eigenvalue weighted by Gasteiger charge is -2.15. The smallest absolute Gasteiger partial charge is 0.246 e. The minimum atomic E-state index is 0. The van der Waals surface area contributed by atoms with Crippen LogP contribution in [-0.2, 0) is 11.3 Å². The fourth-order valence-electron chi connectivity index (χ4n) is 2.49. The molecule has 118 valence electrons. The van der Waals surface area contributed by atoms with Gasteiger partial charge < -0.3 is 10.6 Å². The fraction of sp³-hybridized carbons (Fsp3) is 0.429. The number of aromatic nitrogens is 4. The summed E-state index contributed by atoms with van der Waals surface area (Å²) in [6.07, 6.45) is 0.974. The molecular formula is C14H19ClN6O. The van der Waals surface area contributed by atoms with Crippen molar-refractivity contribution in [3.63, 3.8) is 0 Å². The summed E-state index contributed by atoms with van der Waals surface area (Å²) in [6.45, 7) is 2.25. The van der Waals surface area contributed by atoms with E-state index in [0.29, 0.717) is 18.3 Å². The molecule has 1 aliphatic heterocycles.